The Bertz CT molecular complexity index is 1370. The van der Waals surface area contributed by atoms with Gasteiger partial charge in [0.05, 0.1) is 22.4 Å². The maximum absolute atomic E-state index is 13.0. The molecule has 0 atom stereocenters. The number of benzene rings is 2. The highest BCUT2D eigenvalue weighted by atomic mass is 16.2. The number of hydrogen-bond acceptors (Lipinski definition) is 5. The number of anilines is 2. The van der Waals surface area contributed by atoms with Gasteiger partial charge in [-0.1, -0.05) is 24.3 Å². The highest BCUT2D eigenvalue weighted by Crippen LogP contribution is 2.27. The van der Waals surface area contributed by atoms with Gasteiger partial charge in [0.2, 0.25) is 5.91 Å². The van der Waals surface area contributed by atoms with Gasteiger partial charge in [-0.05, 0) is 48.4 Å². The molecule has 1 amide bonds. The fourth-order valence-electron chi connectivity index (χ4n) is 4.75. The molecule has 3 heterocycles. The van der Waals surface area contributed by atoms with E-state index in [2.05, 4.69) is 32.2 Å². The first-order valence-corrected chi connectivity index (χ1v) is 12.0. The van der Waals surface area contributed by atoms with Crippen molar-refractivity contribution in [2.24, 2.45) is 7.05 Å². The Hall–Kier alpha value is -3.91. The first-order valence-electron chi connectivity index (χ1n) is 12.0. The number of pyridine rings is 1. The number of carbonyl (C=O) groups is 1. The second kappa shape index (κ2) is 10.1. The number of amides is 1. The molecule has 0 spiro atoms. The molecule has 0 saturated carbocycles. The van der Waals surface area contributed by atoms with Crippen LogP contribution in [0.15, 0.2) is 77.9 Å². The zero-order valence-electron chi connectivity index (χ0n) is 19.9. The van der Waals surface area contributed by atoms with Gasteiger partial charge in [0.1, 0.15) is 6.54 Å². The Morgan fingerprint density at radius 2 is 1.60 bits per heavy atom. The first kappa shape index (κ1) is 22.9. The summed E-state index contributed by atoms with van der Waals surface area (Å²) in [5, 5.41) is 3.05. The van der Waals surface area contributed by atoms with Crippen LogP contribution in [-0.4, -0.2) is 57.6 Å². The summed E-state index contributed by atoms with van der Waals surface area (Å²) >= 11 is 0. The van der Waals surface area contributed by atoms with Crippen molar-refractivity contribution < 1.29 is 4.79 Å². The van der Waals surface area contributed by atoms with Gasteiger partial charge in [-0.15, -0.1) is 0 Å². The van der Waals surface area contributed by atoms with Crippen molar-refractivity contribution in [2.45, 2.75) is 13.0 Å². The molecule has 4 aromatic rings. The molecule has 35 heavy (non-hydrogen) atoms. The quantitative estimate of drug-likeness (QED) is 0.450. The minimum absolute atomic E-state index is 0.0305. The molecule has 1 aliphatic heterocycles. The van der Waals surface area contributed by atoms with Crippen LogP contribution in [0.4, 0.5) is 11.4 Å². The standard InChI is InChI=1S/C27H30N6O2/c1-30-24-8-4-5-9-25(24)33(27(30)35)20-26(34)29-22-6-2-3-7-23(22)32-18-16-31(17-19-32)15-12-21-10-13-28-14-11-21/h2-11,13-14H,12,15-20H2,1H3,(H,29,34). The van der Waals surface area contributed by atoms with E-state index in [0.29, 0.717) is 0 Å². The van der Waals surface area contributed by atoms with Gasteiger partial charge >= 0.3 is 5.69 Å². The van der Waals surface area contributed by atoms with E-state index < -0.39 is 0 Å². The SMILES string of the molecule is Cn1c(=O)n(CC(=O)Nc2ccccc2N2CCN(CCc3ccncc3)CC2)c2ccccc21. The third-order valence-electron chi connectivity index (χ3n) is 6.71. The lowest BCUT2D eigenvalue weighted by Crippen LogP contribution is -2.47. The first-order chi connectivity index (χ1) is 17.1. The third-order valence-corrected chi connectivity index (χ3v) is 6.71. The highest BCUT2D eigenvalue weighted by Gasteiger charge is 2.20. The maximum Gasteiger partial charge on any atom is 0.329 e. The summed E-state index contributed by atoms with van der Waals surface area (Å²) < 4.78 is 3.10. The number of aromatic nitrogens is 3. The maximum atomic E-state index is 13.0. The molecule has 0 radical (unpaired) electrons. The van der Waals surface area contributed by atoms with Crippen LogP contribution in [0, 0.1) is 0 Å². The summed E-state index contributed by atoms with van der Waals surface area (Å²) in [5.41, 5.74) is 4.47. The van der Waals surface area contributed by atoms with Crippen LogP contribution < -0.4 is 15.9 Å². The van der Waals surface area contributed by atoms with E-state index in [4.69, 9.17) is 0 Å². The van der Waals surface area contributed by atoms with Crippen LogP contribution in [0.3, 0.4) is 0 Å². The molecule has 5 rings (SSSR count). The van der Waals surface area contributed by atoms with Crippen molar-refractivity contribution in [2.75, 3.05) is 42.9 Å². The second-order valence-electron chi connectivity index (χ2n) is 8.92. The molecule has 2 aromatic carbocycles. The fraction of sp³-hybridized carbons (Fsp3) is 0.296. The molecular formula is C27H30N6O2. The zero-order chi connectivity index (χ0) is 24.2. The fourth-order valence-corrected chi connectivity index (χ4v) is 4.75. The number of piperazine rings is 1. The Kier molecular flexibility index (Phi) is 6.63. The Labute approximate surface area is 204 Å². The highest BCUT2D eigenvalue weighted by molar-refractivity contribution is 5.95. The number of imidazole rings is 1. The molecule has 1 saturated heterocycles. The molecule has 1 fully saturated rings. The summed E-state index contributed by atoms with van der Waals surface area (Å²) in [4.78, 5) is 34.6. The van der Waals surface area contributed by atoms with E-state index in [1.54, 1.807) is 11.6 Å². The van der Waals surface area contributed by atoms with Crippen molar-refractivity contribution in [3.63, 3.8) is 0 Å². The number of carbonyl (C=O) groups excluding carboxylic acids is 1. The van der Waals surface area contributed by atoms with Crippen molar-refractivity contribution >= 4 is 28.3 Å². The monoisotopic (exact) mass is 470 g/mol. The summed E-state index contributed by atoms with van der Waals surface area (Å²) in [6, 6.07) is 19.6. The predicted octanol–water partition coefficient (Wildman–Crippen LogP) is 2.74. The Morgan fingerprint density at radius 3 is 2.37 bits per heavy atom. The third kappa shape index (κ3) is 4.97. The van der Waals surface area contributed by atoms with Crippen LogP contribution in [-0.2, 0) is 24.8 Å². The van der Waals surface area contributed by atoms with E-state index in [1.807, 2.05) is 60.9 Å². The molecule has 2 aromatic heterocycles. The molecule has 0 bridgehead atoms. The summed E-state index contributed by atoms with van der Waals surface area (Å²) in [5.74, 6) is -0.216. The van der Waals surface area contributed by atoms with E-state index in [9.17, 15) is 9.59 Å². The van der Waals surface area contributed by atoms with Crippen molar-refractivity contribution in [1.29, 1.82) is 0 Å². The average Bonchev–Trinajstić information content (AvgIpc) is 3.14. The number of nitrogens with one attached hydrogen (secondary N) is 1. The van der Waals surface area contributed by atoms with Gasteiger partial charge in [-0.25, -0.2) is 4.79 Å². The number of para-hydroxylation sites is 4. The topological polar surface area (TPSA) is 75.4 Å². The van der Waals surface area contributed by atoms with Crippen LogP contribution in [0.25, 0.3) is 11.0 Å². The van der Waals surface area contributed by atoms with Gasteiger partial charge in [0.15, 0.2) is 0 Å². The van der Waals surface area contributed by atoms with E-state index in [0.717, 1.165) is 61.6 Å². The van der Waals surface area contributed by atoms with Gasteiger partial charge in [-0.3, -0.25) is 23.8 Å². The molecule has 8 heteroatoms. The zero-order valence-corrected chi connectivity index (χ0v) is 19.9. The lowest BCUT2D eigenvalue weighted by Gasteiger charge is -2.37. The minimum Gasteiger partial charge on any atom is -0.367 e. The molecule has 8 nitrogen and oxygen atoms in total. The van der Waals surface area contributed by atoms with Gasteiger partial charge in [0, 0.05) is 52.2 Å². The largest absolute Gasteiger partial charge is 0.367 e. The van der Waals surface area contributed by atoms with Crippen LogP contribution in [0.2, 0.25) is 0 Å². The van der Waals surface area contributed by atoms with Gasteiger partial charge in [0.25, 0.3) is 0 Å². The van der Waals surface area contributed by atoms with Crippen LogP contribution >= 0.6 is 0 Å². The van der Waals surface area contributed by atoms with Gasteiger partial charge in [-0.2, -0.15) is 0 Å². The summed E-state index contributed by atoms with van der Waals surface area (Å²) in [7, 11) is 1.73. The van der Waals surface area contributed by atoms with Crippen molar-refractivity contribution in [3.8, 4) is 0 Å². The number of rotatable bonds is 7. The normalized spacial score (nSPS) is 14.4. The van der Waals surface area contributed by atoms with E-state index in [1.165, 1.54) is 10.1 Å². The van der Waals surface area contributed by atoms with Crippen molar-refractivity contribution in [3.05, 3.63) is 89.1 Å². The number of nitrogens with zero attached hydrogens (tertiary/aromatic N) is 5. The van der Waals surface area contributed by atoms with E-state index >= 15 is 0 Å². The number of aryl methyl sites for hydroxylation is 1. The van der Waals surface area contributed by atoms with Crippen LogP contribution in [0.5, 0.6) is 0 Å². The molecule has 0 unspecified atom stereocenters. The summed E-state index contributed by atoms with van der Waals surface area (Å²) in [6.45, 7) is 4.73. The number of hydrogen-bond donors (Lipinski definition) is 1. The predicted molar refractivity (Wildman–Crippen MR) is 139 cm³/mol. The van der Waals surface area contributed by atoms with Crippen molar-refractivity contribution in [1.82, 2.24) is 19.0 Å². The lowest BCUT2D eigenvalue weighted by molar-refractivity contribution is -0.116. The number of fused-ring (bicyclic) bond motifs is 1. The van der Waals surface area contributed by atoms with Crippen LogP contribution in [0.1, 0.15) is 5.56 Å². The molecule has 180 valence electrons. The molecule has 1 N–H and O–H groups in total. The van der Waals surface area contributed by atoms with E-state index in [-0.39, 0.29) is 18.1 Å². The Morgan fingerprint density at radius 1 is 0.914 bits per heavy atom. The molecular weight excluding hydrogens is 440 g/mol. The lowest BCUT2D eigenvalue weighted by atomic mass is 10.1. The smallest absolute Gasteiger partial charge is 0.329 e. The second-order valence-corrected chi connectivity index (χ2v) is 8.92. The summed E-state index contributed by atoms with van der Waals surface area (Å²) in [6.07, 6.45) is 4.70. The van der Waals surface area contributed by atoms with Gasteiger partial charge < -0.3 is 10.2 Å². The molecule has 1 aliphatic rings. The minimum atomic E-state index is -0.216. The average molecular weight is 471 g/mol. The molecule has 0 aliphatic carbocycles. The Balaban J connectivity index is 1.23.